The van der Waals surface area contributed by atoms with Crippen molar-refractivity contribution < 1.29 is 4.39 Å². The van der Waals surface area contributed by atoms with Crippen molar-refractivity contribution in [1.29, 1.82) is 0 Å². The van der Waals surface area contributed by atoms with Gasteiger partial charge in [0.15, 0.2) is 0 Å². The summed E-state index contributed by atoms with van der Waals surface area (Å²) in [5.74, 6) is -0.576. The van der Waals surface area contributed by atoms with E-state index in [-0.39, 0.29) is 5.57 Å². The highest BCUT2D eigenvalue weighted by molar-refractivity contribution is 5.50. The van der Waals surface area contributed by atoms with E-state index in [0.29, 0.717) is 5.57 Å². The maximum absolute atomic E-state index is 12.8. The zero-order chi connectivity index (χ0) is 16.3. The van der Waals surface area contributed by atoms with E-state index < -0.39 is 5.83 Å². The molecule has 0 aliphatic rings. The van der Waals surface area contributed by atoms with E-state index >= 15 is 0 Å². The van der Waals surface area contributed by atoms with Crippen LogP contribution in [0.3, 0.4) is 0 Å². The molecule has 20 heavy (non-hydrogen) atoms. The van der Waals surface area contributed by atoms with Crippen molar-refractivity contribution in [2.45, 2.75) is 34.1 Å². The second-order valence-corrected chi connectivity index (χ2v) is 4.72. The van der Waals surface area contributed by atoms with E-state index in [2.05, 4.69) is 46.7 Å². The SMILES string of the molecule is C=C(F)C(=C)C(=C)/C=C\C(=C)C(=C)C=C(C)C.CCC. The van der Waals surface area contributed by atoms with E-state index in [1.165, 1.54) is 6.42 Å². The maximum atomic E-state index is 12.8. The third-order valence-corrected chi connectivity index (χ3v) is 2.08. The van der Waals surface area contributed by atoms with E-state index in [1.54, 1.807) is 12.2 Å². The van der Waals surface area contributed by atoms with Gasteiger partial charge in [-0.3, -0.25) is 0 Å². The zero-order valence-corrected chi connectivity index (χ0v) is 13.4. The Morgan fingerprint density at radius 2 is 1.25 bits per heavy atom. The molecule has 0 heterocycles. The van der Waals surface area contributed by atoms with Crippen molar-refractivity contribution in [2.24, 2.45) is 0 Å². The Kier molecular flexibility index (Phi) is 11.2. The number of halogens is 1. The molecule has 0 nitrogen and oxygen atoms in total. The van der Waals surface area contributed by atoms with Crippen LogP contribution in [0.1, 0.15) is 34.1 Å². The minimum atomic E-state index is -0.576. The standard InChI is InChI=1S/C16H19F.C3H8/c1-11(2)10-14(5)12(3)8-9-13(4)15(6)16(7)17;1-3-2/h8-10H,3-7H2,1-2H3;3H2,1-2H3/b9-8-;. The minimum absolute atomic E-state index is 0.196. The largest absolute Gasteiger partial charge is 0.207 e. The van der Waals surface area contributed by atoms with Crippen LogP contribution < -0.4 is 0 Å². The summed E-state index contributed by atoms with van der Waals surface area (Å²) in [4.78, 5) is 0. The summed E-state index contributed by atoms with van der Waals surface area (Å²) in [5, 5.41) is 0. The summed E-state index contributed by atoms with van der Waals surface area (Å²) in [7, 11) is 0. The van der Waals surface area contributed by atoms with Gasteiger partial charge in [0.1, 0.15) is 5.83 Å². The first-order valence-corrected chi connectivity index (χ1v) is 6.61. The Morgan fingerprint density at radius 1 is 0.850 bits per heavy atom. The van der Waals surface area contributed by atoms with Crippen LogP contribution in [0.2, 0.25) is 0 Å². The highest BCUT2D eigenvalue weighted by atomic mass is 19.1. The topological polar surface area (TPSA) is 0 Å². The van der Waals surface area contributed by atoms with E-state index in [4.69, 9.17) is 0 Å². The van der Waals surface area contributed by atoms with Gasteiger partial charge in [-0.25, -0.2) is 4.39 Å². The van der Waals surface area contributed by atoms with Crippen LogP contribution in [0.25, 0.3) is 0 Å². The lowest BCUT2D eigenvalue weighted by Gasteiger charge is -2.03. The van der Waals surface area contributed by atoms with Crippen LogP contribution in [0.15, 0.2) is 84.8 Å². The number of rotatable bonds is 6. The lowest BCUT2D eigenvalue weighted by molar-refractivity contribution is 0.660. The number of allylic oxidation sites excluding steroid dienone is 9. The molecule has 1 heteroatoms. The van der Waals surface area contributed by atoms with E-state index in [0.717, 1.165) is 16.7 Å². The summed E-state index contributed by atoms with van der Waals surface area (Å²) >= 11 is 0. The van der Waals surface area contributed by atoms with Crippen molar-refractivity contribution in [1.82, 2.24) is 0 Å². The molecule has 110 valence electrons. The summed E-state index contributed by atoms with van der Waals surface area (Å²) < 4.78 is 12.8. The Labute approximate surface area is 124 Å². The van der Waals surface area contributed by atoms with Crippen molar-refractivity contribution in [2.75, 3.05) is 0 Å². The van der Waals surface area contributed by atoms with Gasteiger partial charge in [-0.15, -0.1) is 0 Å². The van der Waals surface area contributed by atoms with Crippen LogP contribution >= 0.6 is 0 Å². The van der Waals surface area contributed by atoms with Gasteiger partial charge in [-0.1, -0.05) is 77.0 Å². The molecule has 0 atom stereocenters. The number of hydrogen-bond donors (Lipinski definition) is 0. The third kappa shape index (κ3) is 10.1. The van der Waals surface area contributed by atoms with Gasteiger partial charge in [0.25, 0.3) is 0 Å². The predicted octanol–water partition coefficient (Wildman–Crippen LogP) is 6.63. The van der Waals surface area contributed by atoms with Gasteiger partial charge in [0, 0.05) is 5.57 Å². The fourth-order valence-corrected chi connectivity index (χ4v) is 1.02. The second-order valence-electron chi connectivity index (χ2n) is 4.72. The van der Waals surface area contributed by atoms with Crippen LogP contribution in [0.4, 0.5) is 4.39 Å². The molecule has 0 spiro atoms. The molecule has 0 rings (SSSR count). The third-order valence-electron chi connectivity index (χ3n) is 2.08. The van der Waals surface area contributed by atoms with Crippen LogP contribution in [0.5, 0.6) is 0 Å². The maximum Gasteiger partial charge on any atom is 0.123 e. The smallest absolute Gasteiger partial charge is 0.123 e. The highest BCUT2D eigenvalue weighted by Gasteiger charge is 2.00. The Morgan fingerprint density at radius 3 is 1.60 bits per heavy atom. The molecule has 0 aromatic heterocycles. The quantitative estimate of drug-likeness (QED) is 0.477. The van der Waals surface area contributed by atoms with Gasteiger partial charge in [-0.05, 0) is 30.6 Å². The van der Waals surface area contributed by atoms with Gasteiger partial charge < -0.3 is 0 Å². The summed E-state index contributed by atoms with van der Waals surface area (Å²) in [6.07, 6.45) is 6.57. The van der Waals surface area contributed by atoms with Crippen LogP contribution in [0, 0.1) is 0 Å². The van der Waals surface area contributed by atoms with Gasteiger partial charge in [0.05, 0.1) is 0 Å². The lowest BCUT2D eigenvalue weighted by atomic mass is 10.0. The van der Waals surface area contributed by atoms with Gasteiger partial charge in [-0.2, -0.15) is 0 Å². The fourth-order valence-electron chi connectivity index (χ4n) is 1.02. The van der Waals surface area contributed by atoms with E-state index in [1.807, 2.05) is 19.9 Å². The molecule has 0 radical (unpaired) electrons. The molecule has 0 saturated carbocycles. The molecule has 0 aliphatic carbocycles. The first kappa shape index (κ1) is 20.4. The van der Waals surface area contributed by atoms with Gasteiger partial charge in [0.2, 0.25) is 0 Å². The normalized spacial score (nSPS) is 9.25. The predicted molar refractivity (Wildman–Crippen MR) is 91.3 cm³/mol. The molecule has 0 aromatic rings. The van der Waals surface area contributed by atoms with Gasteiger partial charge >= 0.3 is 0 Å². The second kappa shape index (κ2) is 11.0. The van der Waals surface area contributed by atoms with Crippen LogP contribution in [-0.4, -0.2) is 0 Å². The van der Waals surface area contributed by atoms with Crippen molar-refractivity contribution in [3.63, 3.8) is 0 Å². The molecule has 0 fully saturated rings. The molecular weight excluding hydrogens is 247 g/mol. The first-order valence-electron chi connectivity index (χ1n) is 6.61. The van der Waals surface area contributed by atoms with Crippen molar-refractivity contribution in [3.8, 4) is 0 Å². The van der Waals surface area contributed by atoms with E-state index in [9.17, 15) is 4.39 Å². The fraction of sp³-hybridized carbons (Fsp3) is 0.263. The molecular formula is C19H27F. The average molecular weight is 274 g/mol. The molecule has 0 bridgehead atoms. The van der Waals surface area contributed by atoms with Crippen molar-refractivity contribution in [3.05, 3.63) is 84.8 Å². The molecule has 0 aliphatic heterocycles. The Bertz CT molecular complexity index is 452. The summed E-state index contributed by atoms with van der Waals surface area (Å²) in [5.41, 5.74) is 3.39. The molecule has 0 amide bonds. The first-order chi connectivity index (χ1) is 9.17. The molecule has 0 N–H and O–H groups in total. The molecule has 0 saturated heterocycles. The Balaban J connectivity index is 0. The molecule has 0 unspecified atom stereocenters. The highest BCUT2D eigenvalue weighted by Crippen LogP contribution is 2.18. The zero-order valence-electron chi connectivity index (χ0n) is 13.4. The lowest BCUT2D eigenvalue weighted by Crippen LogP contribution is -1.84. The average Bonchev–Trinajstić information content (AvgIpc) is 2.34. The summed E-state index contributed by atoms with van der Waals surface area (Å²) in [6.45, 7) is 26.4. The monoisotopic (exact) mass is 274 g/mol. The Hall–Kier alpha value is -1.89. The number of hydrogen-bond acceptors (Lipinski definition) is 0. The van der Waals surface area contributed by atoms with Crippen molar-refractivity contribution >= 4 is 0 Å². The summed E-state index contributed by atoms with van der Waals surface area (Å²) in [6, 6.07) is 0. The minimum Gasteiger partial charge on any atom is -0.207 e. The molecule has 0 aromatic carbocycles. The van der Waals surface area contributed by atoms with Crippen LogP contribution in [-0.2, 0) is 0 Å².